The van der Waals surface area contributed by atoms with Gasteiger partial charge in [-0.3, -0.25) is 24.8 Å². The fourth-order valence-corrected chi connectivity index (χ4v) is 2.60. The van der Waals surface area contributed by atoms with Crippen molar-refractivity contribution < 1.29 is 19.1 Å². The summed E-state index contributed by atoms with van der Waals surface area (Å²) in [5.41, 5.74) is 5.88. The Bertz CT molecular complexity index is 808. The maximum absolute atomic E-state index is 12.5. The van der Waals surface area contributed by atoms with Crippen LogP contribution in [0.25, 0.3) is 0 Å². The van der Waals surface area contributed by atoms with E-state index < -0.39 is 17.9 Å². The van der Waals surface area contributed by atoms with Crippen molar-refractivity contribution in [1.29, 1.82) is 0 Å². The van der Waals surface area contributed by atoms with Crippen molar-refractivity contribution in [3.05, 3.63) is 54.4 Å². The number of anilines is 1. The first-order valence-electron chi connectivity index (χ1n) is 8.15. The Morgan fingerprint density at radius 1 is 1.27 bits per heavy atom. The minimum Gasteiger partial charge on any atom is -0.494 e. The van der Waals surface area contributed by atoms with Gasteiger partial charge < -0.3 is 4.74 Å². The molecular weight excluding hydrogens is 336 g/mol. The SMILES string of the molecule is CCOc1ccc(N2C(=O)C[C@H](NNC(=O)c3cccnc3)C2=O)cc1. The third-order valence-corrected chi connectivity index (χ3v) is 3.84. The van der Waals surface area contributed by atoms with Crippen LogP contribution in [-0.2, 0) is 9.59 Å². The van der Waals surface area contributed by atoms with Crippen LogP contribution in [0.1, 0.15) is 23.7 Å². The quantitative estimate of drug-likeness (QED) is 0.594. The number of hydrogen-bond donors (Lipinski definition) is 2. The van der Waals surface area contributed by atoms with E-state index in [0.717, 1.165) is 4.90 Å². The summed E-state index contributed by atoms with van der Waals surface area (Å²) in [4.78, 5) is 41.7. The third kappa shape index (κ3) is 3.70. The van der Waals surface area contributed by atoms with Crippen molar-refractivity contribution in [1.82, 2.24) is 15.8 Å². The van der Waals surface area contributed by atoms with E-state index in [9.17, 15) is 14.4 Å². The number of imide groups is 1. The summed E-state index contributed by atoms with van der Waals surface area (Å²) in [6.45, 7) is 2.40. The van der Waals surface area contributed by atoms with Crippen molar-refractivity contribution in [2.24, 2.45) is 0 Å². The monoisotopic (exact) mass is 354 g/mol. The van der Waals surface area contributed by atoms with Crippen LogP contribution >= 0.6 is 0 Å². The molecule has 1 saturated heterocycles. The second kappa shape index (κ2) is 7.75. The fraction of sp³-hybridized carbons (Fsp3) is 0.222. The Kier molecular flexibility index (Phi) is 5.23. The molecule has 1 aromatic carbocycles. The van der Waals surface area contributed by atoms with Crippen LogP contribution in [0, 0.1) is 0 Å². The van der Waals surface area contributed by atoms with Gasteiger partial charge in [0, 0.05) is 12.4 Å². The molecule has 1 atom stereocenters. The molecule has 0 spiro atoms. The zero-order valence-corrected chi connectivity index (χ0v) is 14.1. The van der Waals surface area contributed by atoms with Gasteiger partial charge in [0.1, 0.15) is 11.8 Å². The number of hydrogen-bond acceptors (Lipinski definition) is 6. The minimum absolute atomic E-state index is 0.0423. The van der Waals surface area contributed by atoms with Gasteiger partial charge in [0.2, 0.25) is 5.91 Å². The molecule has 1 aliphatic heterocycles. The van der Waals surface area contributed by atoms with Crippen molar-refractivity contribution in [2.75, 3.05) is 11.5 Å². The number of benzene rings is 1. The maximum Gasteiger partial charge on any atom is 0.266 e. The average Bonchev–Trinajstić information content (AvgIpc) is 2.95. The second-order valence-electron chi connectivity index (χ2n) is 5.59. The van der Waals surface area contributed by atoms with E-state index in [1.54, 1.807) is 42.6 Å². The smallest absolute Gasteiger partial charge is 0.266 e. The zero-order valence-electron chi connectivity index (χ0n) is 14.1. The molecule has 3 amide bonds. The van der Waals surface area contributed by atoms with E-state index in [-0.39, 0.29) is 12.3 Å². The number of aromatic nitrogens is 1. The lowest BCUT2D eigenvalue weighted by Crippen LogP contribution is -2.48. The molecule has 26 heavy (non-hydrogen) atoms. The summed E-state index contributed by atoms with van der Waals surface area (Å²) in [7, 11) is 0. The number of rotatable bonds is 6. The first kappa shape index (κ1) is 17.6. The minimum atomic E-state index is -0.824. The van der Waals surface area contributed by atoms with Gasteiger partial charge in [0.15, 0.2) is 0 Å². The molecule has 1 fully saturated rings. The Morgan fingerprint density at radius 3 is 2.69 bits per heavy atom. The number of carbonyl (C=O) groups excluding carboxylic acids is 3. The van der Waals surface area contributed by atoms with Gasteiger partial charge >= 0.3 is 0 Å². The van der Waals surface area contributed by atoms with E-state index in [0.29, 0.717) is 23.6 Å². The van der Waals surface area contributed by atoms with Gasteiger partial charge in [-0.05, 0) is 43.3 Å². The number of ether oxygens (including phenoxy) is 1. The van der Waals surface area contributed by atoms with Crippen molar-refractivity contribution >= 4 is 23.4 Å². The van der Waals surface area contributed by atoms with Gasteiger partial charge in [0.05, 0.1) is 24.3 Å². The molecule has 0 bridgehead atoms. The third-order valence-electron chi connectivity index (χ3n) is 3.84. The first-order chi connectivity index (χ1) is 12.6. The lowest BCUT2D eigenvalue weighted by atomic mass is 10.2. The summed E-state index contributed by atoms with van der Waals surface area (Å²) in [5.74, 6) is -0.537. The molecular formula is C18H18N4O4. The number of amides is 3. The Hall–Kier alpha value is -3.26. The van der Waals surface area contributed by atoms with Crippen molar-refractivity contribution in [3.63, 3.8) is 0 Å². The van der Waals surface area contributed by atoms with Crippen LogP contribution in [0.4, 0.5) is 5.69 Å². The molecule has 0 aliphatic carbocycles. The highest BCUT2D eigenvalue weighted by Gasteiger charge is 2.39. The molecule has 1 aromatic heterocycles. The van der Waals surface area contributed by atoms with Gasteiger partial charge in [-0.2, -0.15) is 0 Å². The Morgan fingerprint density at radius 2 is 2.04 bits per heavy atom. The predicted molar refractivity (Wildman–Crippen MR) is 93.3 cm³/mol. The number of carbonyl (C=O) groups is 3. The van der Waals surface area contributed by atoms with E-state index in [1.165, 1.54) is 6.20 Å². The fourth-order valence-electron chi connectivity index (χ4n) is 2.60. The van der Waals surface area contributed by atoms with E-state index in [2.05, 4.69) is 15.8 Å². The topological polar surface area (TPSA) is 101 Å². The Balaban J connectivity index is 1.64. The molecule has 134 valence electrons. The summed E-state index contributed by atoms with van der Waals surface area (Å²) >= 11 is 0. The number of hydrazine groups is 1. The molecule has 0 saturated carbocycles. The van der Waals surface area contributed by atoms with Crippen LogP contribution in [0.5, 0.6) is 5.75 Å². The normalized spacial score (nSPS) is 16.7. The summed E-state index contributed by atoms with van der Waals surface area (Å²) < 4.78 is 5.35. The summed E-state index contributed by atoms with van der Waals surface area (Å²) in [6, 6.07) is 9.10. The first-order valence-corrected chi connectivity index (χ1v) is 8.15. The molecule has 2 aromatic rings. The molecule has 2 N–H and O–H groups in total. The molecule has 8 heteroatoms. The zero-order chi connectivity index (χ0) is 18.5. The average molecular weight is 354 g/mol. The highest BCUT2D eigenvalue weighted by atomic mass is 16.5. The molecule has 3 rings (SSSR count). The second-order valence-corrected chi connectivity index (χ2v) is 5.59. The van der Waals surface area contributed by atoms with Crippen LogP contribution in [-0.4, -0.2) is 35.4 Å². The molecule has 0 radical (unpaired) electrons. The Labute approximate surface area is 150 Å². The number of nitrogens with zero attached hydrogens (tertiary/aromatic N) is 2. The van der Waals surface area contributed by atoms with Crippen LogP contribution in [0.3, 0.4) is 0 Å². The maximum atomic E-state index is 12.5. The van der Waals surface area contributed by atoms with Crippen molar-refractivity contribution in [2.45, 2.75) is 19.4 Å². The number of nitrogens with one attached hydrogen (secondary N) is 2. The molecule has 2 heterocycles. The van der Waals surface area contributed by atoms with Crippen LogP contribution < -0.4 is 20.5 Å². The summed E-state index contributed by atoms with van der Waals surface area (Å²) in [6.07, 6.45) is 2.92. The van der Waals surface area contributed by atoms with Crippen LogP contribution in [0.2, 0.25) is 0 Å². The lowest BCUT2D eigenvalue weighted by molar-refractivity contribution is -0.121. The number of pyridine rings is 1. The summed E-state index contributed by atoms with van der Waals surface area (Å²) in [5, 5.41) is 0. The molecule has 8 nitrogen and oxygen atoms in total. The molecule has 1 aliphatic rings. The van der Waals surface area contributed by atoms with Gasteiger partial charge in [-0.1, -0.05) is 0 Å². The van der Waals surface area contributed by atoms with Gasteiger partial charge in [0.25, 0.3) is 11.8 Å². The highest BCUT2D eigenvalue weighted by molar-refractivity contribution is 6.22. The molecule has 0 unspecified atom stereocenters. The van der Waals surface area contributed by atoms with Crippen molar-refractivity contribution in [3.8, 4) is 5.75 Å². The lowest BCUT2D eigenvalue weighted by Gasteiger charge is -2.16. The predicted octanol–water partition coefficient (Wildman–Crippen LogP) is 1.05. The van der Waals surface area contributed by atoms with Gasteiger partial charge in [-0.15, -0.1) is 0 Å². The van der Waals surface area contributed by atoms with E-state index in [4.69, 9.17) is 4.74 Å². The van der Waals surface area contributed by atoms with E-state index in [1.807, 2.05) is 6.92 Å². The largest absolute Gasteiger partial charge is 0.494 e. The van der Waals surface area contributed by atoms with Crippen LogP contribution in [0.15, 0.2) is 48.8 Å². The highest BCUT2D eigenvalue weighted by Crippen LogP contribution is 2.25. The van der Waals surface area contributed by atoms with E-state index >= 15 is 0 Å². The van der Waals surface area contributed by atoms with Gasteiger partial charge in [-0.25, -0.2) is 10.3 Å². The standard InChI is InChI=1S/C18H18N4O4/c1-2-26-14-7-5-13(6-8-14)22-16(23)10-15(18(22)25)20-21-17(24)12-4-3-9-19-11-12/h3-9,11,15,20H,2,10H2,1H3,(H,21,24)/t15-/m0/s1.